The van der Waals surface area contributed by atoms with Gasteiger partial charge >= 0.3 is 0 Å². The van der Waals surface area contributed by atoms with E-state index in [1.165, 1.54) is 0 Å². The van der Waals surface area contributed by atoms with Crippen molar-refractivity contribution in [2.75, 3.05) is 0 Å². The number of carbonyl (C=O) groups excluding carboxylic acids is 1. The minimum Gasteiger partial charge on any atom is -0.393 e. The molecule has 0 spiro atoms. The zero-order chi connectivity index (χ0) is 17.2. The molecule has 2 aromatic heterocycles. The minimum atomic E-state index is -0.244. The largest absolute Gasteiger partial charge is 0.393 e. The van der Waals surface area contributed by atoms with Gasteiger partial charge in [0.25, 0.3) is 5.91 Å². The SMILES string of the molecule is O=C(NC(Cc1ccccn1)C1CC(O)C1)c1n[nH]c2c1CCCC2. The average Bonchev–Trinajstić information content (AvgIpc) is 3.03. The molecule has 2 aromatic rings. The molecule has 0 aliphatic heterocycles. The van der Waals surface area contributed by atoms with Crippen LogP contribution in [0.2, 0.25) is 0 Å². The topological polar surface area (TPSA) is 90.9 Å². The minimum absolute atomic E-state index is 0.0262. The lowest BCUT2D eigenvalue weighted by atomic mass is 9.76. The van der Waals surface area contributed by atoms with Gasteiger partial charge in [0.1, 0.15) is 0 Å². The van der Waals surface area contributed by atoms with Crippen LogP contribution in [0.15, 0.2) is 24.4 Å². The van der Waals surface area contributed by atoms with E-state index in [0.717, 1.165) is 55.5 Å². The number of carbonyl (C=O) groups is 1. The number of fused-ring (bicyclic) bond motifs is 1. The highest BCUT2D eigenvalue weighted by molar-refractivity contribution is 5.94. The summed E-state index contributed by atoms with van der Waals surface area (Å²) in [6.45, 7) is 0. The number of aromatic nitrogens is 3. The number of aryl methyl sites for hydroxylation is 1. The fourth-order valence-corrected chi connectivity index (χ4v) is 3.94. The van der Waals surface area contributed by atoms with E-state index in [9.17, 15) is 9.90 Å². The number of hydrogen-bond acceptors (Lipinski definition) is 4. The number of nitrogens with zero attached hydrogens (tertiary/aromatic N) is 2. The molecule has 0 aromatic carbocycles. The molecule has 3 N–H and O–H groups in total. The summed E-state index contributed by atoms with van der Waals surface area (Å²) in [4.78, 5) is 17.2. The number of rotatable bonds is 5. The molecule has 2 aliphatic rings. The Hall–Kier alpha value is -2.21. The van der Waals surface area contributed by atoms with Crippen LogP contribution >= 0.6 is 0 Å². The Kier molecular flexibility index (Phi) is 4.53. The van der Waals surface area contributed by atoms with Crippen molar-refractivity contribution in [1.82, 2.24) is 20.5 Å². The van der Waals surface area contributed by atoms with Crippen molar-refractivity contribution in [3.63, 3.8) is 0 Å². The van der Waals surface area contributed by atoms with Crippen molar-refractivity contribution >= 4 is 5.91 Å². The number of amides is 1. The van der Waals surface area contributed by atoms with Crippen LogP contribution < -0.4 is 5.32 Å². The molecule has 0 saturated heterocycles. The highest BCUT2D eigenvalue weighted by Crippen LogP contribution is 2.32. The Balaban J connectivity index is 1.50. The van der Waals surface area contributed by atoms with Gasteiger partial charge in [0.05, 0.1) is 6.10 Å². The normalized spacial score (nSPS) is 23.4. The van der Waals surface area contributed by atoms with Crippen LogP contribution in [0.5, 0.6) is 0 Å². The number of aliphatic hydroxyl groups excluding tert-OH is 1. The second kappa shape index (κ2) is 6.96. The number of hydrogen-bond donors (Lipinski definition) is 3. The summed E-state index contributed by atoms with van der Waals surface area (Å²) in [5.41, 5.74) is 3.68. The summed E-state index contributed by atoms with van der Waals surface area (Å²) < 4.78 is 0. The molecule has 1 amide bonds. The Morgan fingerprint density at radius 3 is 2.92 bits per heavy atom. The van der Waals surface area contributed by atoms with E-state index in [1.807, 2.05) is 18.2 Å². The van der Waals surface area contributed by atoms with E-state index in [4.69, 9.17) is 0 Å². The number of aromatic amines is 1. The standard InChI is InChI=1S/C19H24N4O2/c24-14-9-12(10-14)17(11-13-5-3-4-8-20-13)21-19(25)18-15-6-1-2-7-16(15)22-23-18/h3-5,8,12,14,17,24H,1-2,6-7,9-11H2,(H,21,25)(H,22,23). The lowest BCUT2D eigenvalue weighted by Gasteiger charge is -2.38. The van der Waals surface area contributed by atoms with Gasteiger partial charge in [0, 0.05) is 35.6 Å². The van der Waals surface area contributed by atoms with Crippen molar-refractivity contribution < 1.29 is 9.90 Å². The highest BCUT2D eigenvalue weighted by Gasteiger charge is 2.36. The number of H-pyrrole nitrogens is 1. The van der Waals surface area contributed by atoms with E-state index < -0.39 is 0 Å². The number of nitrogens with one attached hydrogen (secondary N) is 2. The summed E-state index contributed by atoms with van der Waals surface area (Å²) in [7, 11) is 0. The molecule has 2 aliphatic carbocycles. The van der Waals surface area contributed by atoms with Gasteiger partial charge in [0.2, 0.25) is 0 Å². The Labute approximate surface area is 147 Å². The van der Waals surface area contributed by atoms with E-state index in [1.54, 1.807) is 6.20 Å². The van der Waals surface area contributed by atoms with Gasteiger partial charge in [-0.15, -0.1) is 0 Å². The van der Waals surface area contributed by atoms with E-state index >= 15 is 0 Å². The molecule has 2 heterocycles. The zero-order valence-electron chi connectivity index (χ0n) is 14.2. The number of pyridine rings is 1. The van der Waals surface area contributed by atoms with Crippen LogP contribution in [-0.2, 0) is 19.3 Å². The predicted molar refractivity (Wildman–Crippen MR) is 93.2 cm³/mol. The quantitative estimate of drug-likeness (QED) is 0.774. The van der Waals surface area contributed by atoms with Gasteiger partial charge in [-0.05, 0) is 56.6 Å². The van der Waals surface area contributed by atoms with Crippen LogP contribution in [0.3, 0.4) is 0 Å². The second-order valence-corrected chi connectivity index (χ2v) is 7.23. The predicted octanol–water partition coefficient (Wildman–Crippen LogP) is 1.80. The lowest BCUT2D eigenvalue weighted by molar-refractivity contribution is 0.0237. The first-order valence-corrected chi connectivity index (χ1v) is 9.15. The fourth-order valence-electron chi connectivity index (χ4n) is 3.94. The summed E-state index contributed by atoms with van der Waals surface area (Å²) >= 11 is 0. The maximum atomic E-state index is 12.8. The third-order valence-electron chi connectivity index (χ3n) is 5.46. The molecule has 1 saturated carbocycles. The molecule has 0 bridgehead atoms. The van der Waals surface area contributed by atoms with Crippen LogP contribution in [0.1, 0.15) is 53.1 Å². The van der Waals surface area contributed by atoms with Gasteiger partial charge in [-0.25, -0.2) is 0 Å². The summed E-state index contributed by atoms with van der Waals surface area (Å²) in [5.74, 6) is 0.178. The molecular formula is C19H24N4O2. The molecule has 132 valence electrons. The molecule has 1 atom stereocenters. The maximum absolute atomic E-state index is 12.8. The molecular weight excluding hydrogens is 316 g/mol. The van der Waals surface area contributed by atoms with Crippen molar-refractivity contribution in [1.29, 1.82) is 0 Å². The monoisotopic (exact) mass is 340 g/mol. The summed E-state index contributed by atoms with van der Waals surface area (Å²) in [6, 6.07) is 5.80. The Morgan fingerprint density at radius 2 is 2.16 bits per heavy atom. The molecule has 1 unspecified atom stereocenters. The fraction of sp³-hybridized carbons (Fsp3) is 0.526. The van der Waals surface area contributed by atoms with Crippen LogP contribution in [-0.4, -0.2) is 38.3 Å². The molecule has 25 heavy (non-hydrogen) atoms. The third-order valence-corrected chi connectivity index (χ3v) is 5.46. The van der Waals surface area contributed by atoms with Crippen LogP contribution in [0.4, 0.5) is 0 Å². The molecule has 6 heteroatoms. The van der Waals surface area contributed by atoms with Crippen molar-refractivity contribution in [2.24, 2.45) is 5.92 Å². The summed E-state index contributed by atoms with van der Waals surface area (Å²) in [5, 5.41) is 20.1. The van der Waals surface area contributed by atoms with Crippen molar-refractivity contribution in [2.45, 2.75) is 57.1 Å². The first-order valence-electron chi connectivity index (χ1n) is 9.15. The molecule has 6 nitrogen and oxygen atoms in total. The van der Waals surface area contributed by atoms with E-state index in [0.29, 0.717) is 12.1 Å². The highest BCUT2D eigenvalue weighted by atomic mass is 16.3. The van der Waals surface area contributed by atoms with Gasteiger partial charge in [-0.1, -0.05) is 6.07 Å². The van der Waals surface area contributed by atoms with Gasteiger partial charge < -0.3 is 10.4 Å². The Bertz CT molecular complexity index is 737. The smallest absolute Gasteiger partial charge is 0.272 e. The van der Waals surface area contributed by atoms with Crippen LogP contribution in [0, 0.1) is 5.92 Å². The number of aliphatic hydroxyl groups is 1. The van der Waals surface area contributed by atoms with Crippen molar-refractivity contribution in [3.8, 4) is 0 Å². The lowest BCUT2D eigenvalue weighted by Crippen LogP contribution is -2.48. The average molecular weight is 340 g/mol. The van der Waals surface area contributed by atoms with E-state index in [2.05, 4.69) is 20.5 Å². The maximum Gasteiger partial charge on any atom is 0.272 e. The first kappa shape index (κ1) is 16.3. The second-order valence-electron chi connectivity index (χ2n) is 7.23. The zero-order valence-corrected chi connectivity index (χ0v) is 14.2. The molecule has 4 rings (SSSR count). The van der Waals surface area contributed by atoms with Crippen LogP contribution in [0.25, 0.3) is 0 Å². The third kappa shape index (κ3) is 3.44. The summed E-state index contributed by atoms with van der Waals surface area (Å²) in [6.07, 6.45) is 7.82. The van der Waals surface area contributed by atoms with Gasteiger partial charge in [0.15, 0.2) is 5.69 Å². The first-order chi connectivity index (χ1) is 12.2. The Morgan fingerprint density at radius 1 is 1.32 bits per heavy atom. The molecule has 1 fully saturated rings. The van der Waals surface area contributed by atoms with Gasteiger partial charge in [-0.3, -0.25) is 14.9 Å². The van der Waals surface area contributed by atoms with E-state index in [-0.39, 0.29) is 24.0 Å². The molecule has 0 radical (unpaired) electrons. The van der Waals surface area contributed by atoms with Gasteiger partial charge in [-0.2, -0.15) is 5.10 Å². The van der Waals surface area contributed by atoms with Crippen molar-refractivity contribution in [3.05, 3.63) is 47.0 Å².